The van der Waals surface area contributed by atoms with Crippen LogP contribution in [-0.4, -0.2) is 5.78 Å². The average molecular weight is 157 g/mol. The molecule has 1 heteroatoms. The summed E-state index contributed by atoms with van der Waals surface area (Å²) >= 11 is 0. The number of hydrogen-bond acceptors (Lipinski definition) is 1. The Morgan fingerprint density at radius 1 is 1.45 bits per heavy atom. The van der Waals surface area contributed by atoms with Crippen LogP contribution in [-0.2, 0) is 4.79 Å². The highest BCUT2D eigenvalue weighted by Gasteiger charge is 2.28. The van der Waals surface area contributed by atoms with Crippen LogP contribution in [0, 0.1) is 11.3 Å². The van der Waals surface area contributed by atoms with E-state index in [1.54, 1.807) is 13.8 Å². The minimum Gasteiger partial charge on any atom is -0.300 e. The maximum atomic E-state index is 11.0. The summed E-state index contributed by atoms with van der Waals surface area (Å²) in [6.07, 6.45) is 2.60. The molecule has 0 amide bonds. The molecule has 0 unspecified atom stereocenters. The third-order valence-electron chi connectivity index (χ3n) is 2.56. The molecule has 0 aromatic heterocycles. The van der Waals surface area contributed by atoms with Gasteiger partial charge in [-0.15, -0.1) is 0 Å². The van der Waals surface area contributed by atoms with Crippen LogP contribution in [0.25, 0.3) is 0 Å². The second kappa shape index (κ2) is 2.96. The molecule has 1 rings (SSSR count). The molecule has 0 radical (unpaired) electrons. The van der Waals surface area contributed by atoms with Crippen molar-refractivity contribution < 1.29 is 8.91 Å². The molecule has 0 atom stereocenters. The van der Waals surface area contributed by atoms with Crippen molar-refractivity contribution in [2.75, 3.05) is 0 Å². The Kier molecular flexibility index (Phi) is 1.44. The van der Waals surface area contributed by atoms with Crippen molar-refractivity contribution in [3.63, 3.8) is 0 Å². The van der Waals surface area contributed by atoms with Gasteiger partial charge < -0.3 is 0 Å². The third kappa shape index (κ3) is 2.32. The topological polar surface area (TPSA) is 17.1 Å². The van der Waals surface area contributed by atoms with Crippen LogP contribution in [0.2, 0.25) is 0 Å². The molecule has 1 aliphatic carbocycles. The smallest absolute Gasteiger partial charge is 0.132 e. The standard InChI is InChI=1S/C10H18O/c1-10(2,3)8-4-6-9(11)7-5-8/h8H,4-7H2,1-3H3/i1D3. The Morgan fingerprint density at radius 3 is 2.45 bits per heavy atom. The lowest BCUT2D eigenvalue weighted by atomic mass is 9.72. The van der Waals surface area contributed by atoms with Gasteiger partial charge in [0, 0.05) is 17.0 Å². The van der Waals surface area contributed by atoms with Crippen LogP contribution >= 0.6 is 0 Å². The molecule has 0 heterocycles. The zero-order chi connectivity index (χ0) is 11.0. The lowest BCUT2D eigenvalue weighted by Gasteiger charge is -2.33. The summed E-state index contributed by atoms with van der Waals surface area (Å²) in [6, 6.07) is 0. The molecule has 0 N–H and O–H groups in total. The van der Waals surface area contributed by atoms with Crippen molar-refractivity contribution in [1.29, 1.82) is 0 Å². The first-order valence-corrected chi connectivity index (χ1v) is 4.27. The van der Waals surface area contributed by atoms with Crippen molar-refractivity contribution >= 4 is 5.78 Å². The minimum absolute atomic E-state index is 0.160. The van der Waals surface area contributed by atoms with Gasteiger partial charge in [0.15, 0.2) is 0 Å². The molecule has 1 saturated carbocycles. The van der Waals surface area contributed by atoms with Crippen molar-refractivity contribution in [3.8, 4) is 0 Å². The number of hydrogen-bond donors (Lipinski definition) is 0. The van der Waals surface area contributed by atoms with Crippen LogP contribution in [0.1, 0.15) is 50.5 Å². The molecule has 64 valence electrons. The maximum absolute atomic E-state index is 11.0. The van der Waals surface area contributed by atoms with Gasteiger partial charge in [0.25, 0.3) is 0 Å². The summed E-state index contributed by atoms with van der Waals surface area (Å²) < 4.78 is 22.4. The summed E-state index contributed by atoms with van der Waals surface area (Å²) in [5.41, 5.74) is -0.659. The van der Waals surface area contributed by atoms with Gasteiger partial charge in [-0.2, -0.15) is 0 Å². The third-order valence-corrected chi connectivity index (χ3v) is 2.56. The van der Waals surface area contributed by atoms with Gasteiger partial charge in [-0.1, -0.05) is 20.7 Å². The number of ketones is 1. The van der Waals surface area contributed by atoms with Gasteiger partial charge in [-0.3, -0.25) is 4.79 Å². The van der Waals surface area contributed by atoms with E-state index in [2.05, 4.69) is 0 Å². The van der Waals surface area contributed by atoms with Gasteiger partial charge in [0.05, 0.1) is 0 Å². The van der Waals surface area contributed by atoms with E-state index >= 15 is 0 Å². The first-order chi connectivity index (χ1) is 6.25. The van der Waals surface area contributed by atoms with Crippen molar-refractivity contribution in [2.45, 2.75) is 46.4 Å². The SMILES string of the molecule is [2H]C([2H])([2H])C(C)(C)C1CCC(=O)CC1. The Labute approximate surface area is 73.4 Å². The van der Waals surface area contributed by atoms with E-state index < -0.39 is 12.3 Å². The Hall–Kier alpha value is -0.330. The minimum atomic E-state index is -1.92. The summed E-state index contributed by atoms with van der Waals surface area (Å²) in [7, 11) is 0. The van der Waals surface area contributed by atoms with Crippen molar-refractivity contribution in [1.82, 2.24) is 0 Å². The molecule has 0 saturated heterocycles. The monoisotopic (exact) mass is 157 g/mol. The zero-order valence-electron chi connectivity index (χ0n) is 10.3. The van der Waals surface area contributed by atoms with Gasteiger partial charge in [-0.25, -0.2) is 0 Å². The average Bonchev–Trinajstić information content (AvgIpc) is 2.03. The van der Waals surface area contributed by atoms with Gasteiger partial charge in [0.1, 0.15) is 5.78 Å². The number of carbonyl (C=O) groups excluding carboxylic acids is 1. The largest absolute Gasteiger partial charge is 0.300 e. The van der Waals surface area contributed by atoms with Crippen LogP contribution in [0.3, 0.4) is 0 Å². The van der Waals surface area contributed by atoms with Gasteiger partial charge in [0.2, 0.25) is 0 Å². The van der Waals surface area contributed by atoms with Crippen LogP contribution in [0.15, 0.2) is 0 Å². The van der Waals surface area contributed by atoms with Crippen LogP contribution in [0.5, 0.6) is 0 Å². The summed E-state index contributed by atoms with van der Waals surface area (Å²) in [6.45, 7) is 1.67. The van der Waals surface area contributed by atoms with Gasteiger partial charge in [-0.05, 0) is 24.2 Å². The van der Waals surface area contributed by atoms with E-state index in [0.717, 1.165) is 12.8 Å². The fourth-order valence-electron chi connectivity index (χ4n) is 1.66. The molecule has 0 spiro atoms. The highest BCUT2D eigenvalue weighted by atomic mass is 16.1. The van der Waals surface area contributed by atoms with Gasteiger partial charge >= 0.3 is 0 Å². The van der Waals surface area contributed by atoms with Crippen molar-refractivity contribution in [3.05, 3.63) is 0 Å². The zero-order valence-corrected chi connectivity index (χ0v) is 7.31. The van der Waals surface area contributed by atoms with E-state index in [1.165, 1.54) is 0 Å². The highest BCUT2D eigenvalue weighted by molar-refractivity contribution is 5.79. The second-order valence-corrected chi connectivity index (χ2v) is 4.03. The van der Waals surface area contributed by atoms with Crippen LogP contribution in [0.4, 0.5) is 0 Å². The fourth-order valence-corrected chi connectivity index (χ4v) is 1.66. The molecular formula is C10H18O. The highest BCUT2D eigenvalue weighted by Crippen LogP contribution is 2.36. The quantitative estimate of drug-likeness (QED) is 0.528. The number of carbonyl (C=O) groups is 1. The molecule has 0 aliphatic heterocycles. The van der Waals surface area contributed by atoms with E-state index in [-0.39, 0.29) is 11.7 Å². The van der Waals surface area contributed by atoms with E-state index in [0.29, 0.717) is 12.8 Å². The maximum Gasteiger partial charge on any atom is 0.132 e. The fraction of sp³-hybridized carbons (Fsp3) is 0.900. The summed E-state index contributed by atoms with van der Waals surface area (Å²) in [4.78, 5) is 11.0. The Bertz CT molecular complexity index is 220. The molecule has 11 heavy (non-hydrogen) atoms. The number of Topliss-reactive ketones (excluding diaryl/α,β-unsaturated/α-hetero) is 1. The summed E-state index contributed by atoms with van der Waals surface area (Å²) in [5.74, 6) is 0.440. The lowest BCUT2D eigenvalue weighted by molar-refractivity contribution is -0.121. The first-order valence-electron chi connectivity index (χ1n) is 5.77. The molecule has 1 fully saturated rings. The second-order valence-electron chi connectivity index (χ2n) is 4.03. The predicted octanol–water partition coefficient (Wildman–Crippen LogP) is 2.79. The molecular weight excluding hydrogens is 136 g/mol. The van der Waals surface area contributed by atoms with Crippen molar-refractivity contribution in [2.24, 2.45) is 11.3 Å². The normalized spacial score (nSPS) is 27.5. The number of rotatable bonds is 0. The Balaban J connectivity index is 2.69. The predicted molar refractivity (Wildman–Crippen MR) is 46.4 cm³/mol. The van der Waals surface area contributed by atoms with E-state index in [4.69, 9.17) is 4.11 Å². The first kappa shape index (κ1) is 5.34. The molecule has 0 aromatic rings. The Morgan fingerprint density at radius 2 is 2.00 bits per heavy atom. The molecule has 0 bridgehead atoms. The molecule has 1 nitrogen and oxygen atoms in total. The lowest BCUT2D eigenvalue weighted by Crippen LogP contribution is -2.25. The van der Waals surface area contributed by atoms with E-state index in [1.807, 2.05) is 0 Å². The molecule has 0 aromatic carbocycles. The molecule has 1 aliphatic rings. The summed E-state index contributed by atoms with van der Waals surface area (Å²) in [5, 5.41) is 0. The van der Waals surface area contributed by atoms with E-state index in [9.17, 15) is 4.79 Å². The van der Waals surface area contributed by atoms with Crippen LogP contribution < -0.4 is 0 Å².